The predicted octanol–water partition coefficient (Wildman–Crippen LogP) is 7.72. The number of nitrogens with one attached hydrogen (secondary N) is 1. The summed E-state index contributed by atoms with van der Waals surface area (Å²) in [4.78, 5) is 4.77. The molecule has 0 spiro atoms. The largest absolute Gasteiger partial charge is 0.490 e. The van der Waals surface area contributed by atoms with Crippen LogP contribution < -0.4 is 14.8 Å². The Morgan fingerprint density at radius 1 is 0.969 bits per heavy atom. The fraction of sp³-hybridized carbons (Fsp3) is 0.269. The number of aryl methyl sites for hydroxylation is 1. The standard InChI is InChI=1S/C26H27ClN2O2S/c1-4-12-31-24-15-21(27)19(14-23(24)30-5-2)16-28-20-9-7-18(8-10-20)26-29-22-11-6-17(3)13-25(22)32-26/h6-11,13-15,28H,4-5,12,16H2,1-3H3. The highest BCUT2D eigenvalue weighted by molar-refractivity contribution is 7.21. The maximum atomic E-state index is 6.52. The third-order valence-corrected chi connectivity index (χ3v) is 6.45. The van der Waals surface area contributed by atoms with Crippen LogP contribution in [0.3, 0.4) is 0 Å². The van der Waals surface area contributed by atoms with Crippen LogP contribution in [0.15, 0.2) is 54.6 Å². The molecule has 4 nitrogen and oxygen atoms in total. The van der Waals surface area contributed by atoms with E-state index >= 15 is 0 Å². The third kappa shape index (κ3) is 5.17. The number of hydrogen-bond donors (Lipinski definition) is 1. The first-order chi connectivity index (χ1) is 15.6. The van der Waals surface area contributed by atoms with Gasteiger partial charge in [-0.05, 0) is 73.9 Å². The van der Waals surface area contributed by atoms with E-state index in [4.69, 9.17) is 26.1 Å². The van der Waals surface area contributed by atoms with Crippen molar-refractivity contribution in [2.24, 2.45) is 0 Å². The van der Waals surface area contributed by atoms with Gasteiger partial charge in [-0.1, -0.05) is 24.6 Å². The zero-order valence-corrected chi connectivity index (χ0v) is 20.1. The number of benzene rings is 3. The van der Waals surface area contributed by atoms with E-state index in [-0.39, 0.29) is 0 Å². The summed E-state index contributed by atoms with van der Waals surface area (Å²) < 4.78 is 12.8. The Morgan fingerprint density at radius 2 is 1.75 bits per heavy atom. The minimum atomic E-state index is 0.573. The van der Waals surface area contributed by atoms with Crippen LogP contribution in [-0.4, -0.2) is 18.2 Å². The van der Waals surface area contributed by atoms with E-state index in [0.29, 0.717) is 30.5 Å². The molecule has 32 heavy (non-hydrogen) atoms. The van der Waals surface area contributed by atoms with Gasteiger partial charge in [0.05, 0.1) is 23.4 Å². The van der Waals surface area contributed by atoms with Crippen molar-refractivity contribution in [3.63, 3.8) is 0 Å². The van der Waals surface area contributed by atoms with Crippen molar-refractivity contribution in [3.8, 4) is 22.1 Å². The Balaban J connectivity index is 1.47. The van der Waals surface area contributed by atoms with Gasteiger partial charge in [0.1, 0.15) is 5.01 Å². The summed E-state index contributed by atoms with van der Waals surface area (Å²) in [5.74, 6) is 1.42. The van der Waals surface area contributed by atoms with Crippen LogP contribution in [0.2, 0.25) is 5.02 Å². The Kier molecular flexibility index (Phi) is 7.18. The highest BCUT2D eigenvalue weighted by atomic mass is 35.5. The molecule has 0 atom stereocenters. The highest BCUT2D eigenvalue weighted by Crippen LogP contribution is 2.35. The lowest BCUT2D eigenvalue weighted by atomic mass is 10.1. The first kappa shape index (κ1) is 22.4. The van der Waals surface area contributed by atoms with Crippen molar-refractivity contribution in [2.75, 3.05) is 18.5 Å². The van der Waals surface area contributed by atoms with E-state index in [1.54, 1.807) is 11.3 Å². The second kappa shape index (κ2) is 10.2. The summed E-state index contributed by atoms with van der Waals surface area (Å²) in [7, 11) is 0. The number of hydrogen-bond acceptors (Lipinski definition) is 5. The molecule has 4 aromatic rings. The fourth-order valence-electron chi connectivity index (χ4n) is 3.39. The summed E-state index contributed by atoms with van der Waals surface area (Å²) in [5.41, 5.74) is 5.39. The van der Waals surface area contributed by atoms with Crippen LogP contribution in [0.25, 0.3) is 20.8 Å². The molecule has 0 bridgehead atoms. The number of ether oxygens (including phenoxy) is 2. The molecule has 166 valence electrons. The summed E-state index contributed by atoms with van der Waals surface area (Å²) in [5, 5.41) is 5.14. The molecule has 0 amide bonds. The lowest BCUT2D eigenvalue weighted by Crippen LogP contribution is -2.04. The van der Waals surface area contributed by atoms with Crippen molar-refractivity contribution >= 4 is 38.8 Å². The Hall–Kier alpha value is -2.76. The van der Waals surface area contributed by atoms with Crippen LogP contribution in [0.4, 0.5) is 5.69 Å². The molecular formula is C26H27ClN2O2S. The smallest absolute Gasteiger partial charge is 0.162 e. The van der Waals surface area contributed by atoms with Gasteiger partial charge in [0, 0.05) is 28.9 Å². The minimum absolute atomic E-state index is 0.573. The van der Waals surface area contributed by atoms with Crippen LogP contribution >= 0.6 is 22.9 Å². The van der Waals surface area contributed by atoms with Crippen LogP contribution in [0, 0.1) is 6.92 Å². The maximum Gasteiger partial charge on any atom is 0.162 e. The lowest BCUT2D eigenvalue weighted by Gasteiger charge is -2.15. The third-order valence-electron chi connectivity index (χ3n) is 5.03. The van der Waals surface area contributed by atoms with Crippen LogP contribution in [0.5, 0.6) is 11.5 Å². The first-order valence-corrected chi connectivity index (χ1v) is 12.1. The fourth-order valence-corrected chi connectivity index (χ4v) is 4.68. The molecule has 1 N–H and O–H groups in total. The van der Waals surface area contributed by atoms with Crippen molar-refractivity contribution in [3.05, 3.63) is 70.7 Å². The van der Waals surface area contributed by atoms with Gasteiger partial charge in [-0.2, -0.15) is 0 Å². The van der Waals surface area contributed by atoms with Gasteiger partial charge in [0.25, 0.3) is 0 Å². The molecule has 6 heteroatoms. The zero-order chi connectivity index (χ0) is 22.5. The Bertz CT molecular complexity index is 1200. The molecule has 0 aliphatic heterocycles. The monoisotopic (exact) mass is 466 g/mol. The van der Waals surface area contributed by atoms with Crippen LogP contribution in [-0.2, 0) is 6.54 Å². The number of halogens is 1. The topological polar surface area (TPSA) is 43.4 Å². The summed E-state index contributed by atoms with van der Waals surface area (Å²) in [6.45, 7) is 7.94. The SMILES string of the molecule is CCCOc1cc(Cl)c(CNc2ccc(-c3nc4ccc(C)cc4s3)cc2)cc1OCC. The lowest BCUT2D eigenvalue weighted by molar-refractivity contribution is 0.276. The predicted molar refractivity (Wildman–Crippen MR) is 136 cm³/mol. The molecule has 0 saturated heterocycles. The second-order valence-corrected chi connectivity index (χ2v) is 9.03. The normalized spacial score (nSPS) is 11.0. The van der Waals surface area contributed by atoms with Crippen molar-refractivity contribution in [1.29, 1.82) is 0 Å². The van der Waals surface area contributed by atoms with E-state index in [1.165, 1.54) is 10.3 Å². The molecule has 0 unspecified atom stereocenters. The van der Waals surface area contributed by atoms with E-state index in [9.17, 15) is 0 Å². The summed E-state index contributed by atoms with van der Waals surface area (Å²) in [6.07, 6.45) is 0.930. The molecule has 0 saturated carbocycles. The number of nitrogens with zero attached hydrogens (tertiary/aromatic N) is 1. The van der Waals surface area contributed by atoms with Crippen molar-refractivity contribution < 1.29 is 9.47 Å². The number of rotatable bonds is 9. The second-order valence-electron chi connectivity index (χ2n) is 7.59. The molecule has 0 aliphatic rings. The van der Waals surface area contributed by atoms with Gasteiger partial charge in [-0.15, -0.1) is 11.3 Å². The van der Waals surface area contributed by atoms with Gasteiger partial charge >= 0.3 is 0 Å². The maximum absolute atomic E-state index is 6.52. The van der Waals surface area contributed by atoms with E-state index in [1.807, 2.05) is 19.1 Å². The average molecular weight is 467 g/mol. The summed E-state index contributed by atoms with van der Waals surface area (Å²) in [6, 6.07) is 18.5. The summed E-state index contributed by atoms with van der Waals surface area (Å²) >= 11 is 8.24. The quantitative estimate of drug-likeness (QED) is 0.274. The minimum Gasteiger partial charge on any atom is -0.490 e. The molecule has 4 rings (SSSR count). The average Bonchev–Trinajstić information content (AvgIpc) is 3.21. The number of thiazole rings is 1. The Labute approximate surface area is 198 Å². The van der Waals surface area contributed by atoms with Crippen LogP contribution in [0.1, 0.15) is 31.4 Å². The number of anilines is 1. The highest BCUT2D eigenvalue weighted by Gasteiger charge is 2.12. The number of aromatic nitrogens is 1. The Morgan fingerprint density at radius 3 is 2.50 bits per heavy atom. The molecule has 1 heterocycles. The van der Waals surface area contributed by atoms with Gasteiger partial charge in [-0.3, -0.25) is 0 Å². The molecule has 0 radical (unpaired) electrons. The van der Waals surface area contributed by atoms with Gasteiger partial charge in [-0.25, -0.2) is 4.98 Å². The molecule has 0 aliphatic carbocycles. The molecule has 0 fully saturated rings. The first-order valence-electron chi connectivity index (χ1n) is 10.9. The molecular weight excluding hydrogens is 440 g/mol. The van der Waals surface area contributed by atoms with Crippen molar-refractivity contribution in [1.82, 2.24) is 4.98 Å². The number of fused-ring (bicyclic) bond motifs is 1. The zero-order valence-electron chi connectivity index (χ0n) is 18.6. The van der Waals surface area contributed by atoms with E-state index in [0.717, 1.165) is 39.5 Å². The van der Waals surface area contributed by atoms with Gasteiger partial charge < -0.3 is 14.8 Å². The van der Waals surface area contributed by atoms with Gasteiger partial charge in [0.2, 0.25) is 0 Å². The molecule has 3 aromatic carbocycles. The van der Waals surface area contributed by atoms with Crippen molar-refractivity contribution in [2.45, 2.75) is 33.7 Å². The van der Waals surface area contributed by atoms with E-state index in [2.05, 4.69) is 61.6 Å². The van der Waals surface area contributed by atoms with Gasteiger partial charge in [0.15, 0.2) is 11.5 Å². The molecule has 1 aromatic heterocycles. The van der Waals surface area contributed by atoms with E-state index < -0.39 is 0 Å².